The first-order valence-corrected chi connectivity index (χ1v) is 8.16. The SMILES string of the molecule is CC(=O)Nc1cc2c(cn1)C1(CC1)CN2c1cc(C)nc(C(F)(F)F)n1. The van der Waals surface area contributed by atoms with E-state index in [4.69, 9.17) is 0 Å². The predicted molar refractivity (Wildman–Crippen MR) is 88.2 cm³/mol. The third kappa shape index (κ3) is 2.77. The molecule has 2 aromatic rings. The zero-order valence-electron chi connectivity index (χ0n) is 14.2. The minimum Gasteiger partial charge on any atom is -0.325 e. The first kappa shape index (κ1) is 16.7. The molecule has 0 aromatic carbocycles. The third-order valence-corrected chi connectivity index (χ3v) is 4.73. The summed E-state index contributed by atoms with van der Waals surface area (Å²) < 4.78 is 39.3. The van der Waals surface area contributed by atoms with Gasteiger partial charge in [0.15, 0.2) is 0 Å². The Balaban J connectivity index is 1.80. The molecule has 1 saturated carbocycles. The van der Waals surface area contributed by atoms with Crippen LogP contribution in [0.2, 0.25) is 0 Å². The Kier molecular flexibility index (Phi) is 3.47. The minimum atomic E-state index is -4.61. The Labute approximate surface area is 147 Å². The molecule has 1 fully saturated rings. The number of carbonyl (C=O) groups excluding carboxylic acids is 1. The van der Waals surface area contributed by atoms with Crippen LogP contribution in [0.4, 0.5) is 30.5 Å². The van der Waals surface area contributed by atoms with Crippen LogP contribution in [0.5, 0.6) is 0 Å². The van der Waals surface area contributed by atoms with Gasteiger partial charge in [0, 0.05) is 48.5 Å². The summed E-state index contributed by atoms with van der Waals surface area (Å²) in [6.07, 6.45) is -1.01. The van der Waals surface area contributed by atoms with Gasteiger partial charge in [-0.2, -0.15) is 13.2 Å². The van der Waals surface area contributed by atoms with Crippen molar-refractivity contribution in [3.63, 3.8) is 0 Å². The van der Waals surface area contributed by atoms with Crippen molar-refractivity contribution < 1.29 is 18.0 Å². The average Bonchev–Trinajstić information content (AvgIpc) is 3.23. The summed E-state index contributed by atoms with van der Waals surface area (Å²) in [5.41, 5.74) is 1.87. The highest BCUT2D eigenvalue weighted by atomic mass is 19.4. The number of aryl methyl sites for hydroxylation is 1. The molecule has 1 aliphatic heterocycles. The van der Waals surface area contributed by atoms with E-state index in [1.54, 1.807) is 23.2 Å². The highest BCUT2D eigenvalue weighted by Gasteiger charge is 2.53. The number of anilines is 3. The van der Waals surface area contributed by atoms with Crippen LogP contribution in [-0.4, -0.2) is 27.4 Å². The molecule has 4 rings (SSSR count). The number of pyridine rings is 1. The van der Waals surface area contributed by atoms with Crippen molar-refractivity contribution in [3.05, 3.63) is 35.4 Å². The summed E-state index contributed by atoms with van der Waals surface area (Å²) in [5.74, 6) is -0.849. The van der Waals surface area contributed by atoms with Crippen molar-refractivity contribution in [3.8, 4) is 0 Å². The van der Waals surface area contributed by atoms with E-state index < -0.39 is 12.0 Å². The predicted octanol–water partition coefficient (Wildman–Crippen LogP) is 3.34. The zero-order chi connectivity index (χ0) is 18.7. The van der Waals surface area contributed by atoms with Crippen LogP contribution in [0.15, 0.2) is 18.3 Å². The number of halogens is 3. The van der Waals surface area contributed by atoms with E-state index in [0.29, 0.717) is 12.4 Å². The topological polar surface area (TPSA) is 71.0 Å². The molecule has 136 valence electrons. The fourth-order valence-electron chi connectivity index (χ4n) is 3.40. The highest BCUT2D eigenvalue weighted by Crippen LogP contribution is 2.58. The molecule has 0 unspecified atom stereocenters. The first-order chi connectivity index (χ1) is 12.2. The standard InChI is InChI=1S/C17H16F3N5O/c1-9-5-14(24-15(22-9)17(18,19)20)25-8-16(3-4-16)11-7-21-13(6-12(11)25)23-10(2)26/h5-7H,3-4,8H2,1-2H3,(H,21,23,26). The maximum atomic E-state index is 13.1. The number of alkyl halides is 3. The van der Waals surface area contributed by atoms with E-state index in [1.807, 2.05) is 0 Å². The van der Waals surface area contributed by atoms with Gasteiger partial charge in [0.25, 0.3) is 0 Å². The molecule has 2 aliphatic rings. The fraction of sp³-hybridized carbons (Fsp3) is 0.412. The number of hydrogen-bond acceptors (Lipinski definition) is 5. The Morgan fingerprint density at radius 2 is 2.00 bits per heavy atom. The second-order valence-electron chi connectivity index (χ2n) is 6.82. The normalized spacial score (nSPS) is 17.3. The second-order valence-corrected chi connectivity index (χ2v) is 6.82. The molecule has 0 atom stereocenters. The molecule has 2 aromatic heterocycles. The highest BCUT2D eigenvalue weighted by molar-refractivity contribution is 5.89. The van der Waals surface area contributed by atoms with Gasteiger partial charge in [-0.05, 0) is 19.8 Å². The van der Waals surface area contributed by atoms with E-state index in [0.717, 1.165) is 24.1 Å². The molecule has 0 saturated heterocycles. The van der Waals surface area contributed by atoms with Crippen LogP contribution >= 0.6 is 0 Å². The lowest BCUT2D eigenvalue weighted by Gasteiger charge is -2.20. The fourth-order valence-corrected chi connectivity index (χ4v) is 3.40. The molecule has 26 heavy (non-hydrogen) atoms. The Hall–Kier alpha value is -2.71. The number of hydrogen-bond donors (Lipinski definition) is 1. The molecule has 0 bridgehead atoms. The van der Waals surface area contributed by atoms with Gasteiger partial charge >= 0.3 is 6.18 Å². The molecular formula is C17H16F3N5O. The summed E-state index contributed by atoms with van der Waals surface area (Å²) >= 11 is 0. The van der Waals surface area contributed by atoms with Gasteiger partial charge in [0.2, 0.25) is 11.7 Å². The van der Waals surface area contributed by atoms with Crippen molar-refractivity contribution in [1.29, 1.82) is 0 Å². The lowest BCUT2D eigenvalue weighted by atomic mass is 10.0. The summed E-state index contributed by atoms with van der Waals surface area (Å²) in [6, 6.07) is 3.23. The first-order valence-electron chi connectivity index (χ1n) is 8.16. The number of aromatic nitrogens is 3. The summed E-state index contributed by atoms with van der Waals surface area (Å²) in [7, 11) is 0. The Morgan fingerprint density at radius 3 is 2.62 bits per heavy atom. The van der Waals surface area contributed by atoms with Crippen molar-refractivity contribution in [2.45, 2.75) is 38.3 Å². The number of carbonyl (C=O) groups is 1. The van der Waals surface area contributed by atoms with E-state index in [2.05, 4.69) is 20.3 Å². The van der Waals surface area contributed by atoms with E-state index in [9.17, 15) is 18.0 Å². The van der Waals surface area contributed by atoms with Gasteiger partial charge < -0.3 is 10.2 Å². The average molecular weight is 363 g/mol. The number of nitrogens with one attached hydrogen (secondary N) is 1. The van der Waals surface area contributed by atoms with Crippen molar-refractivity contribution >= 4 is 23.2 Å². The van der Waals surface area contributed by atoms with Crippen LogP contribution in [-0.2, 0) is 16.4 Å². The minimum absolute atomic E-state index is 0.0890. The summed E-state index contributed by atoms with van der Waals surface area (Å²) in [6.45, 7) is 3.43. The molecule has 3 heterocycles. The zero-order valence-corrected chi connectivity index (χ0v) is 14.2. The van der Waals surface area contributed by atoms with Gasteiger partial charge in [0.05, 0.1) is 5.69 Å². The lowest BCUT2D eigenvalue weighted by molar-refractivity contribution is -0.145. The van der Waals surface area contributed by atoms with Gasteiger partial charge in [-0.3, -0.25) is 4.79 Å². The van der Waals surface area contributed by atoms with Crippen molar-refractivity contribution in [1.82, 2.24) is 15.0 Å². The van der Waals surface area contributed by atoms with Gasteiger partial charge in [-0.15, -0.1) is 0 Å². The molecule has 1 amide bonds. The van der Waals surface area contributed by atoms with Gasteiger partial charge in [0.1, 0.15) is 11.6 Å². The summed E-state index contributed by atoms with van der Waals surface area (Å²) in [5, 5.41) is 2.61. The van der Waals surface area contributed by atoms with E-state index in [-0.39, 0.29) is 22.8 Å². The lowest BCUT2D eigenvalue weighted by Crippen LogP contribution is -2.22. The maximum absolute atomic E-state index is 13.1. The summed E-state index contributed by atoms with van der Waals surface area (Å²) in [4.78, 5) is 24.6. The van der Waals surface area contributed by atoms with Crippen molar-refractivity contribution in [2.24, 2.45) is 0 Å². The Morgan fingerprint density at radius 1 is 1.27 bits per heavy atom. The van der Waals surface area contributed by atoms with E-state index in [1.165, 1.54) is 13.8 Å². The second kappa shape index (κ2) is 5.39. The van der Waals surface area contributed by atoms with Crippen LogP contribution in [0.3, 0.4) is 0 Å². The molecule has 1 N–H and O–H groups in total. The molecule has 0 radical (unpaired) electrons. The Bertz CT molecular complexity index is 908. The number of rotatable bonds is 2. The largest absolute Gasteiger partial charge is 0.451 e. The quantitative estimate of drug-likeness (QED) is 0.886. The molecule has 1 spiro atoms. The van der Waals surface area contributed by atoms with E-state index >= 15 is 0 Å². The van der Waals surface area contributed by atoms with Crippen molar-refractivity contribution in [2.75, 3.05) is 16.8 Å². The molecule has 6 nitrogen and oxygen atoms in total. The number of nitrogens with zero attached hydrogens (tertiary/aromatic N) is 4. The molecular weight excluding hydrogens is 347 g/mol. The van der Waals surface area contributed by atoms with Crippen LogP contribution in [0.1, 0.15) is 36.8 Å². The number of fused-ring (bicyclic) bond motifs is 2. The monoisotopic (exact) mass is 363 g/mol. The van der Waals surface area contributed by atoms with Gasteiger partial charge in [-0.25, -0.2) is 15.0 Å². The number of amides is 1. The van der Waals surface area contributed by atoms with Crippen LogP contribution < -0.4 is 10.2 Å². The molecule has 9 heteroatoms. The smallest absolute Gasteiger partial charge is 0.325 e. The molecule has 1 aliphatic carbocycles. The third-order valence-electron chi connectivity index (χ3n) is 4.73. The van der Waals surface area contributed by atoms with Gasteiger partial charge in [-0.1, -0.05) is 0 Å². The van der Waals surface area contributed by atoms with Crippen LogP contribution in [0.25, 0.3) is 0 Å². The maximum Gasteiger partial charge on any atom is 0.451 e. The van der Waals surface area contributed by atoms with Crippen LogP contribution in [0, 0.1) is 6.92 Å².